The highest BCUT2D eigenvalue weighted by Crippen LogP contribution is 2.39. The SMILES string of the molecule is CCCc1ccc(-c2ccc3c(oc4c(F)c(OCC5CCCC5)ccc43)c2F)c(F)c1F. The average Bonchev–Trinajstić information content (AvgIpc) is 3.46. The third kappa shape index (κ3) is 3.75. The molecule has 0 radical (unpaired) electrons. The second-order valence-corrected chi connectivity index (χ2v) is 8.77. The van der Waals surface area contributed by atoms with E-state index in [1.807, 2.05) is 6.92 Å². The van der Waals surface area contributed by atoms with Gasteiger partial charge in [-0.3, -0.25) is 0 Å². The molecule has 0 atom stereocenters. The van der Waals surface area contributed by atoms with E-state index in [2.05, 4.69) is 0 Å². The van der Waals surface area contributed by atoms with Crippen molar-refractivity contribution in [2.45, 2.75) is 45.4 Å². The van der Waals surface area contributed by atoms with Crippen molar-refractivity contribution < 1.29 is 26.7 Å². The van der Waals surface area contributed by atoms with Gasteiger partial charge in [-0.05, 0) is 48.9 Å². The first-order valence-corrected chi connectivity index (χ1v) is 11.4. The Morgan fingerprint density at radius 1 is 0.788 bits per heavy atom. The van der Waals surface area contributed by atoms with E-state index < -0.39 is 23.3 Å². The van der Waals surface area contributed by atoms with E-state index in [0.29, 0.717) is 36.1 Å². The van der Waals surface area contributed by atoms with Gasteiger partial charge in [0.2, 0.25) is 5.82 Å². The van der Waals surface area contributed by atoms with Gasteiger partial charge in [0.15, 0.2) is 34.4 Å². The summed E-state index contributed by atoms with van der Waals surface area (Å²) >= 11 is 0. The molecular formula is C27H24F4O2. The maximum absolute atomic E-state index is 15.4. The molecule has 2 nitrogen and oxygen atoms in total. The lowest BCUT2D eigenvalue weighted by atomic mass is 9.99. The van der Waals surface area contributed by atoms with Crippen LogP contribution in [0.3, 0.4) is 0 Å². The first-order valence-electron chi connectivity index (χ1n) is 11.4. The second-order valence-electron chi connectivity index (χ2n) is 8.77. The molecule has 1 heterocycles. The molecule has 0 unspecified atom stereocenters. The molecular weight excluding hydrogens is 432 g/mol. The van der Waals surface area contributed by atoms with E-state index >= 15 is 8.78 Å². The summed E-state index contributed by atoms with van der Waals surface area (Å²) in [5.41, 5.74) is -0.412. The smallest absolute Gasteiger partial charge is 0.208 e. The summed E-state index contributed by atoms with van der Waals surface area (Å²) in [7, 11) is 0. The maximum atomic E-state index is 15.4. The van der Waals surface area contributed by atoms with E-state index in [-0.39, 0.29) is 33.6 Å². The summed E-state index contributed by atoms with van der Waals surface area (Å²) in [6, 6.07) is 8.89. The van der Waals surface area contributed by atoms with E-state index in [1.165, 1.54) is 30.3 Å². The number of fused-ring (bicyclic) bond motifs is 3. The molecule has 3 aromatic carbocycles. The average molecular weight is 456 g/mol. The summed E-state index contributed by atoms with van der Waals surface area (Å²) in [6.45, 7) is 2.30. The summed E-state index contributed by atoms with van der Waals surface area (Å²) in [5, 5.41) is 0.752. The number of hydrogen-bond acceptors (Lipinski definition) is 2. The van der Waals surface area contributed by atoms with Crippen molar-refractivity contribution in [1.29, 1.82) is 0 Å². The topological polar surface area (TPSA) is 22.4 Å². The van der Waals surface area contributed by atoms with Gasteiger partial charge in [0.25, 0.3) is 0 Å². The van der Waals surface area contributed by atoms with E-state index in [9.17, 15) is 8.78 Å². The molecule has 5 rings (SSSR count). The first kappa shape index (κ1) is 21.8. The lowest BCUT2D eigenvalue weighted by Crippen LogP contribution is -2.08. The first-order chi connectivity index (χ1) is 16.0. The molecule has 1 aromatic heterocycles. The van der Waals surface area contributed by atoms with Crippen molar-refractivity contribution in [2.75, 3.05) is 6.61 Å². The van der Waals surface area contributed by atoms with Crippen LogP contribution in [0.25, 0.3) is 33.1 Å². The van der Waals surface area contributed by atoms with Crippen molar-refractivity contribution in [3.05, 3.63) is 65.2 Å². The highest BCUT2D eigenvalue weighted by Gasteiger charge is 2.23. The zero-order valence-electron chi connectivity index (χ0n) is 18.3. The van der Waals surface area contributed by atoms with Gasteiger partial charge in [-0.25, -0.2) is 13.2 Å². The number of rotatable bonds is 6. The van der Waals surface area contributed by atoms with Gasteiger partial charge in [0.1, 0.15) is 0 Å². The highest BCUT2D eigenvalue weighted by atomic mass is 19.2. The quantitative estimate of drug-likeness (QED) is 0.272. The molecule has 0 bridgehead atoms. The zero-order chi connectivity index (χ0) is 23.1. The molecule has 1 saturated carbocycles. The number of ether oxygens (including phenoxy) is 1. The Hall–Kier alpha value is -3.02. The minimum absolute atomic E-state index is 0.0636. The minimum atomic E-state index is -1.11. The molecule has 0 saturated heterocycles. The molecule has 33 heavy (non-hydrogen) atoms. The minimum Gasteiger partial charge on any atom is -0.490 e. The lowest BCUT2D eigenvalue weighted by Gasteiger charge is -2.11. The summed E-state index contributed by atoms with van der Waals surface area (Å²) in [6.07, 6.45) is 5.50. The Kier molecular flexibility index (Phi) is 5.77. The fourth-order valence-electron chi connectivity index (χ4n) is 4.78. The van der Waals surface area contributed by atoms with Crippen LogP contribution in [-0.4, -0.2) is 6.61 Å². The molecule has 172 valence electrons. The number of furan rings is 1. The molecule has 4 aromatic rings. The number of aryl methyl sites for hydroxylation is 1. The third-order valence-corrected chi connectivity index (χ3v) is 6.57. The van der Waals surface area contributed by atoms with Crippen LogP contribution in [0.2, 0.25) is 0 Å². The molecule has 0 amide bonds. The predicted octanol–water partition coefficient (Wildman–Crippen LogP) is 8.33. The van der Waals surface area contributed by atoms with Crippen LogP contribution in [0.5, 0.6) is 5.75 Å². The molecule has 0 spiro atoms. The van der Waals surface area contributed by atoms with Crippen molar-refractivity contribution >= 4 is 21.9 Å². The van der Waals surface area contributed by atoms with Crippen LogP contribution in [0.15, 0.2) is 40.8 Å². The van der Waals surface area contributed by atoms with E-state index in [1.54, 1.807) is 6.07 Å². The molecule has 1 aliphatic carbocycles. The van der Waals surface area contributed by atoms with Crippen LogP contribution >= 0.6 is 0 Å². The lowest BCUT2D eigenvalue weighted by molar-refractivity contribution is 0.242. The number of benzene rings is 3. The Balaban J connectivity index is 1.56. The summed E-state index contributed by atoms with van der Waals surface area (Å²) in [5.74, 6) is -3.16. The van der Waals surface area contributed by atoms with Gasteiger partial charge in [0, 0.05) is 21.9 Å². The fourth-order valence-corrected chi connectivity index (χ4v) is 4.78. The molecule has 1 fully saturated rings. The van der Waals surface area contributed by atoms with Crippen molar-refractivity contribution in [1.82, 2.24) is 0 Å². The standard InChI is InChI=1S/C27H24F4O2/c1-2-5-16-8-9-17(23(29)22(16)28)18-10-11-19-20-12-13-21(32-14-15-6-3-4-7-15)25(31)27(20)33-26(19)24(18)30/h8-13,15H,2-7,14H2,1H3. The van der Waals surface area contributed by atoms with Gasteiger partial charge in [-0.2, -0.15) is 4.39 Å². The summed E-state index contributed by atoms with van der Waals surface area (Å²) in [4.78, 5) is 0. The molecule has 0 aliphatic heterocycles. The largest absolute Gasteiger partial charge is 0.490 e. The van der Waals surface area contributed by atoms with Gasteiger partial charge in [-0.15, -0.1) is 0 Å². The Morgan fingerprint density at radius 2 is 1.42 bits per heavy atom. The molecule has 6 heteroatoms. The Labute approximate surface area is 189 Å². The van der Waals surface area contributed by atoms with Gasteiger partial charge in [-0.1, -0.05) is 44.4 Å². The van der Waals surface area contributed by atoms with Crippen LogP contribution in [0.4, 0.5) is 17.6 Å². The third-order valence-electron chi connectivity index (χ3n) is 6.57. The van der Waals surface area contributed by atoms with E-state index in [0.717, 1.165) is 25.7 Å². The Bertz CT molecular complexity index is 1340. The van der Waals surface area contributed by atoms with Crippen molar-refractivity contribution in [2.24, 2.45) is 5.92 Å². The summed E-state index contributed by atoms with van der Waals surface area (Å²) < 4.78 is 71.0. The molecule has 0 N–H and O–H groups in total. The second kappa shape index (κ2) is 8.73. The Morgan fingerprint density at radius 3 is 2.15 bits per heavy atom. The number of hydrogen-bond donors (Lipinski definition) is 0. The normalized spacial score (nSPS) is 14.6. The fraction of sp³-hybridized carbons (Fsp3) is 0.333. The van der Waals surface area contributed by atoms with Gasteiger partial charge < -0.3 is 9.15 Å². The highest BCUT2D eigenvalue weighted by molar-refractivity contribution is 6.06. The molecule has 1 aliphatic rings. The zero-order valence-corrected chi connectivity index (χ0v) is 18.3. The van der Waals surface area contributed by atoms with Crippen molar-refractivity contribution in [3.63, 3.8) is 0 Å². The predicted molar refractivity (Wildman–Crippen MR) is 120 cm³/mol. The van der Waals surface area contributed by atoms with Crippen LogP contribution in [-0.2, 0) is 6.42 Å². The van der Waals surface area contributed by atoms with Crippen molar-refractivity contribution in [3.8, 4) is 16.9 Å². The van der Waals surface area contributed by atoms with Crippen LogP contribution in [0.1, 0.15) is 44.6 Å². The van der Waals surface area contributed by atoms with E-state index in [4.69, 9.17) is 9.15 Å². The monoisotopic (exact) mass is 456 g/mol. The van der Waals surface area contributed by atoms with Gasteiger partial charge >= 0.3 is 0 Å². The maximum Gasteiger partial charge on any atom is 0.208 e. The van der Waals surface area contributed by atoms with Crippen LogP contribution < -0.4 is 4.74 Å². The van der Waals surface area contributed by atoms with Gasteiger partial charge in [0.05, 0.1) is 6.61 Å². The van der Waals surface area contributed by atoms with Crippen LogP contribution in [0, 0.1) is 29.2 Å². The number of halogens is 4.